The molecule has 0 spiro atoms. The van der Waals surface area contributed by atoms with Crippen molar-refractivity contribution in [1.82, 2.24) is 4.72 Å². The molecule has 2 rings (SSSR count). The van der Waals surface area contributed by atoms with Crippen LogP contribution in [0.2, 0.25) is 0 Å². The fourth-order valence-electron chi connectivity index (χ4n) is 1.70. The summed E-state index contributed by atoms with van der Waals surface area (Å²) in [5.41, 5.74) is 0. The Balaban J connectivity index is 2.07. The molecular formula is C12H16BrNO4S. The fourth-order valence-corrected chi connectivity index (χ4v) is 3.19. The largest absolute Gasteiger partial charge is 0.486 e. The SMILES string of the molecule is O=S(=O)(NCCCCBr)c1ccc2c(c1)OCCO2. The monoisotopic (exact) mass is 349 g/mol. The van der Waals surface area contributed by atoms with Gasteiger partial charge in [-0.25, -0.2) is 13.1 Å². The van der Waals surface area contributed by atoms with E-state index < -0.39 is 10.0 Å². The predicted octanol–water partition coefficient (Wildman–Crippen LogP) is 1.91. The molecule has 0 saturated carbocycles. The standard InChI is InChI=1S/C12H16BrNO4S/c13-5-1-2-6-14-19(15,16)10-3-4-11-12(9-10)18-8-7-17-11/h3-4,9,14H,1-2,5-8H2. The van der Waals surface area contributed by atoms with Crippen LogP contribution in [0, 0.1) is 0 Å². The zero-order chi connectivity index (χ0) is 13.7. The van der Waals surface area contributed by atoms with Crippen LogP contribution in [-0.2, 0) is 10.0 Å². The number of nitrogens with one attached hydrogen (secondary N) is 1. The van der Waals surface area contributed by atoms with Gasteiger partial charge in [-0.1, -0.05) is 15.9 Å². The van der Waals surface area contributed by atoms with E-state index in [2.05, 4.69) is 20.7 Å². The van der Waals surface area contributed by atoms with Crippen molar-refractivity contribution < 1.29 is 17.9 Å². The molecule has 0 radical (unpaired) electrons. The summed E-state index contributed by atoms with van der Waals surface area (Å²) in [5, 5.41) is 0.874. The number of ether oxygens (including phenoxy) is 2. The minimum atomic E-state index is -3.48. The Bertz CT molecular complexity index is 533. The van der Waals surface area contributed by atoms with Crippen molar-refractivity contribution in [3.8, 4) is 11.5 Å². The number of rotatable bonds is 6. The van der Waals surface area contributed by atoms with Gasteiger partial charge in [0.05, 0.1) is 4.90 Å². The van der Waals surface area contributed by atoms with Gasteiger partial charge >= 0.3 is 0 Å². The lowest BCUT2D eigenvalue weighted by atomic mass is 10.3. The second-order valence-electron chi connectivity index (χ2n) is 4.10. The van der Waals surface area contributed by atoms with Crippen molar-refractivity contribution in [2.45, 2.75) is 17.7 Å². The molecule has 0 bridgehead atoms. The summed E-state index contributed by atoms with van der Waals surface area (Å²) in [5.74, 6) is 1.07. The lowest BCUT2D eigenvalue weighted by molar-refractivity contribution is 0.171. The summed E-state index contributed by atoms with van der Waals surface area (Å²) >= 11 is 3.31. The Morgan fingerprint density at radius 1 is 1.16 bits per heavy atom. The van der Waals surface area contributed by atoms with Crippen LogP contribution >= 0.6 is 15.9 Å². The molecule has 7 heteroatoms. The van der Waals surface area contributed by atoms with E-state index in [1.165, 1.54) is 12.1 Å². The van der Waals surface area contributed by atoms with Gasteiger partial charge in [-0.2, -0.15) is 0 Å². The number of sulfonamides is 1. The molecule has 1 aromatic rings. The van der Waals surface area contributed by atoms with Gasteiger partial charge in [-0.15, -0.1) is 0 Å². The molecule has 0 amide bonds. The maximum atomic E-state index is 12.1. The van der Waals surface area contributed by atoms with E-state index in [1.54, 1.807) is 6.07 Å². The van der Waals surface area contributed by atoms with E-state index in [0.29, 0.717) is 31.3 Å². The summed E-state index contributed by atoms with van der Waals surface area (Å²) in [6, 6.07) is 4.66. The van der Waals surface area contributed by atoms with Crippen LogP contribution in [0.25, 0.3) is 0 Å². The Morgan fingerprint density at radius 2 is 1.89 bits per heavy atom. The Hall–Kier alpha value is -0.790. The number of hydrogen-bond acceptors (Lipinski definition) is 4. The molecule has 0 aliphatic carbocycles. The minimum Gasteiger partial charge on any atom is -0.486 e. The van der Waals surface area contributed by atoms with Crippen molar-refractivity contribution in [1.29, 1.82) is 0 Å². The topological polar surface area (TPSA) is 64.6 Å². The van der Waals surface area contributed by atoms with Crippen LogP contribution in [0.4, 0.5) is 0 Å². The Morgan fingerprint density at radius 3 is 2.63 bits per heavy atom. The van der Waals surface area contributed by atoms with Gasteiger partial charge in [0.1, 0.15) is 13.2 Å². The van der Waals surface area contributed by atoms with Crippen molar-refractivity contribution >= 4 is 26.0 Å². The smallest absolute Gasteiger partial charge is 0.240 e. The lowest BCUT2D eigenvalue weighted by Gasteiger charge is -2.18. The lowest BCUT2D eigenvalue weighted by Crippen LogP contribution is -2.25. The van der Waals surface area contributed by atoms with Gasteiger partial charge in [0.15, 0.2) is 11.5 Å². The summed E-state index contributed by atoms with van der Waals surface area (Å²) < 4.78 is 37.4. The maximum absolute atomic E-state index is 12.1. The molecule has 1 aliphatic heterocycles. The Labute approximate surface area is 121 Å². The number of halogens is 1. The van der Waals surface area contributed by atoms with Crippen molar-refractivity contribution in [3.63, 3.8) is 0 Å². The normalized spacial score (nSPS) is 14.4. The molecule has 19 heavy (non-hydrogen) atoms. The molecule has 1 aliphatic rings. The molecule has 1 aromatic carbocycles. The van der Waals surface area contributed by atoms with E-state index in [4.69, 9.17) is 9.47 Å². The number of unbranched alkanes of at least 4 members (excludes halogenated alkanes) is 1. The van der Waals surface area contributed by atoms with E-state index in [1.807, 2.05) is 0 Å². The highest BCUT2D eigenvalue weighted by molar-refractivity contribution is 9.09. The van der Waals surface area contributed by atoms with Gasteiger partial charge in [0, 0.05) is 17.9 Å². The zero-order valence-corrected chi connectivity index (χ0v) is 12.8. The average molecular weight is 350 g/mol. The molecule has 0 aromatic heterocycles. The zero-order valence-electron chi connectivity index (χ0n) is 10.4. The molecular weight excluding hydrogens is 334 g/mol. The first kappa shape index (κ1) is 14.6. The van der Waals surface area contributed by atoms with Crippen LogP contribution in [0.5, 0.6) is 11.5 Å². The molecule has 0 saturated heterocycles. The van der Waals surface area contributed by atoms with Gasteiger partial charge in [0.25, 0.3) is 0 Å². The van der Waals surface area contributed by atoms with Crippen molar-refractivity contribution in [2.24, 2.45) is 0 Å². The van der Waals surface area contributed by atoms with Crippen LogP contribution in [0.1, 0.15) is 12.8 Å². The highest BCUT2D eigenvalue weighted by Gasteiger charge is 2.18. The second kappa shape index (κ2) is 6.58. The first-order valence-electron chi connectivity index (χ1n) is 6.09. The first-order chi connectivity index (χ1) is 9.13. The number of fused-ring (bicyclic) bond motifs is 1. The number of benzene rings is 1. The summed E-state index contributed by atoms with van der Waals surface area (Å²) in [4.78, 5) is 0.204. The number of hydrogen-bond donors (Lipinski definition) is 1. The number of alkyl halides is 1. The van der Waals surface area contributed by atoms with Crippen LogP contribution in [-0.4, -0.2) is 33.5 Å². The molecule has 1 heterocycles. The summed E-state index contributed by atoms with van der Waals surface area (Å²) in [7, 11) is -3.48. The highest BCUT2D eigenvalue weighted by atomic mass is 79.9. The quantitative estimate of drug-likeness (QED) is 0.629. The Kier molecular flexibility index (Phi) is 5.06. The fraction of sp³-hybridized carbons (Fsp3) is 0.500. The van der Waals surface area contributed by atoms with Crippen LogP contribution in [0.15, 0.2) is 23.1 Å². The summed E-state index contributed by atoms with van der Waals surface area (Å²) in [6.07, 6.45) is 1.73. The summed E-state index contributed by atoms with van der Waals surface area (Å²) in [6.45, 7) is 1.36. The van der Waals surface area contributed by atoms with Crippen molar-refractivity contribution in [2.75, 3.05) is 25.1 Å². The van der Waals surface area contributed by atoms with Gasteiger partial charge in [-0.3, -0.25) is 0 Å². The van der Waals surface area contributed by atoms with Crippen molar-refractivity contribution in [3.05, 3.63) is 18.2 Å². The third-order valence-corrected chi connectivity index (χ3v) is 4.70. The molecule has 5 nitrogen and oxygen atoms in total. The minimum absolute atomic E-state index is 0.204. The molecule has 0 unspecified atom stereocenters. The average Bonchev–Trinajstić information content (AvgIpc) is 2.43. The highest BCUT2D eigenvalue weighted by Crippen LogP contribution is 2.32. The van der Waals surface area contributed by atoms with E-state index in [9.17, 15) is 8.42 Å². The van der Waals surface area contributed by atoms with Gasteiger partial charge in [-0.05, 0) is 25.0 Å². The molecule has 106 valence electrons. The molecule has 0 atom stereocenters. The van der Waals surface area contributed by atoms with Crippen LogP contribution in [0.3, 0.4) is 0 Å². The van der Waals surface area contributed by atoms with Gasteiger partial charge < -0.3 is 9.47 Å². The van der Waals surface area contributed by atoms with Gasteiger partial charge in [0.2, 0.25) is 10.0 Å². The van der Waals surface area contributed by atoms with E-state index >= 15 is 0 Å². The molecule has 1 N–H and O–H groups in total. The van der Waals surface area contributed by atoms with E-state index in [0.717, 1.165) is 18.2 Å². The second-order valence-corrected chi connectivity index (χ2v) is 6.66. The predicted molar refractivity (Wildman–Crippen MR) is 75.6 cm³/mol. The maximum Gasteiger partial charge on any atom is 0.240 e. The van der Waals surface area contributed by atoms with Crippen LogP contribution < -0.4 is 14.2 Å². The molecule has 0 fully saturated rings. The third kappa shape index (κ3) is 3.84. The third-order valence-electron chi connectivity index (χ3n) is 2.68. The first-order valence-corrected chi connectivity index (χ1v) is 8.69. The van der Waals surface area contributed by atoms with E-state index in [-0.39, 0.29) is 4.90 Å².